The van der Waals surface area contributed by atoms with Gasteiger partial charge in [-0.3, -0.25) is 0 Å². The fourth-order valence-electron chi connectivity index (χ4n) is 2.05. The molecule has 0 spiro atoms. The molecule has 1 saturated carbocycles. The van der Waals surface area contributed by atoms with Crippen molar-refractivity contribution in [1.29, 1.82) is 0 Å². The van der Waals surface area contributed by atoms with Gasteiger partial charge in [-0.15, -0.1) is 0 Å². The van der Waals surface area contributed by atoms with E-state index >= 15 is 0 Å². The van der Waals surface area contributed by atoms with Crippen LogP contribution in [0.2, 0.25) is 0 Å². The van der Waals surface area contributed by atoms with Crippen LogP contribution in [0.15, 0.2) is 18.2 Å². The Morgan fingerprint density at radius 1 is 1.37 bits per heavy atom. The first-order valence-electron chi connectivity index (χ1n) is 6.27. The summed E-state index contributed by atoms with van der Waals surface area (Å²) < 4.78 is 43.3. The topological polar surface area (TPSA) is 38.5 Å². The van der Waals surface area contributed by atoms with Crippen molar-refractivity contribution in [1.82, 2.24) is 0 Å². The number of rotatable bonds is 5. The Morgan fingerprint density at radius 3 is 2.58 bits per heavy atom. The van der Waals surface area contributed by atoms with Gasteiger partial charge in [0.05, 0.1) is 18.0 Å². The number of nitrogens with zero attached hydrogens (tertiary/aromatic N) is 1. The zero-order chi connectivity index (χ0) is 14.0. The van der Waals surface area contributed by atoms with Gasteiger partial charge >= 0.3 is 6.18 Å². The fourth-order valence-corrected chi connectivity index (χ4v) is 2.05. The molecule has 1 aromatic rings. The second kappa shape index (κ2) is 5.19. The van der Waals surface area contributed by atoms with E-state index < -0.39 is 12.7 Å². The Labute approximate surface area is 110 Å². The van der Waals surface area contributed by atoms with Crippen molar-refractivity contribution in [3.8, 4) is 5.75 Å². The van der Waals surface area contributed by atoms with Crippen molar-refractivity contribution in [2.45, 2.75) is 32.0 Å². The number of para-hydroxylation sites is 1. The second-order valence-electron chi connectivity index (χ2n) is 4.60. The highest BCUT2D eigenvalue weighted by atomic mass is 19.4. The van der Waals surface area contributed by atoms with Crippen molar-refractivity contribution in [2.75, 3.05) is 23.8 Å². The predicted molar refractivity (Wildman–Crippen MR) is 68.4 cm³/mol. The molecule has 0 unspecified atom stereocenters. The van der Waals surface area contributed by atoms with Crippen molar-refractivity contribution in [2.24, 2.45) is 0 Å². The number of hydrogen-bond acceptors (Lipinski definition) is 3. The van der Waals surface area contributed by atoms with Crippen LogP contribution in [-0.2, 0) is 0 Å². The summed E-state index contributed by atoms with van der Waals surface area (Å²) in [4.78, 5) is 1.33. The summed E-state index contributed by atoms with van der Waals surface area (Å²) in [5.41, 5.74) is 6.61. The minimum Gasteiger partial charge on any atom is -0.492 e. The van der Waals surface area contributed by atoms with Gasteiger partial charge in [-0.1, -0.05) is 6.07 Å². The average molecular weight is 274 g/mol. The molecule has 0 bridgehead atoms. The summed E-state index contributed by atoms with van der Waals surface area (Å²) in [6.45, 7) is 1.26. The quantitative estimate of drug-likeness (QED) is 0.838. The molecule has 106 valence electrons. The monoisotopic (exact) mass is 274 g/mol. The molecule has 0 radical (unpaired) electrons. The smallest absolute Gasteiger partial charge is 0.405 e. The van der Waals surface area contributed by atoms with Crippen LogP contribution in [0, 0.1) is 0 Å². The molecule has 0 atom stereocenters. The summed E-state index contributed by atoms with van der Waals surface area (Å²) in [6, 6.07) is 4.88. The third-order valence-corrected chi connectivity index (χ3v) is 2.99. The molecule has 1 fully saturated rings. The maximum Gasteiger partial charge on any atom is 0.405 e. The van der Waals surface area contributed by atoms with E-state index in [1.165, 1.54) is 4.90 Å². The zero-order valence-electron chi connectivity index (χ0n) is 10.7. The number of nitrogen functional groups attached to an aromatic ring is 1. The maximum atomic E-state index is 12.6. The van der Waals surface area contributed by atoms with E-state index in [-0.39, 0.29) is 11.7 Å². The molecule has 6 heteroatoms. The Morgan fingerprint density at radius 2 is 2.05 bits per heavy atom. The van der Waals surface area contributed by atoms with E-state index in [1.807, 2.05) is 0 Å². The normalized spacial score (nSPS) is 15.4. The van der Waals surface area contributed by atoms with Crippen molar-refractivity contribution < 1.29 is 17.9 Å². The Kier molecular flexibility index (Phi) is 3.78. The van der Waals surface area contributed by atoms with Gasteiger partial charge in [0.2, 0.25) is 0 Å². The number of ether oxygens (including phenoxy) is 1. The average Bonchev–Trinajstić information content (AvgIpc) is 3.12. The summed E-state index contributed by atoms with van der Waals surface area (Å²) >= 11 is 0. The lowest BCUT2D eigenvalue weighted by atomic mass is 10.2. The number of hydrogen-bond donors (Lipinski definition) is 1. The van der Waals surface area contributed by atoms with E-state index in [0.29, 0.717) is 18.0 Å². The molecule has 1 aliphatic rings. The Balaban J connectivity index is 2.28. The Bertz CT molecular complexity index is 444. The lowest BCUT2D eigenvalue weighted by Gasteiger charge is -2.27. The first kappa shape index (κ1) is 13.8. The van der Waals surface area contributed by atoms with Crippen LogP contribution in [0.3, 0.4) is 0 Å². The van der Waals surface area contributed by atoms with E-state index in [2.05, 4.69) is 0 Å². The van der Waals surface area contributed by atoms with Crippen molar-refractivity contribution in [3.05, 3.63) is 18.2 Å². The molecule has 0 aliphatic heterocycles. The van der Waals surface area contributed by atoms with Gasteiger partial charge in [0.15, 0.2) is 0 Å². The SMILES string of the molecule is CCOc1cccc(N(CC(F)(F)F)C2CC2)c1N. The van der Waals surface area contributed by atoms with Crippen LogP contribution in [0.5, 0.6) is 5.75 Å². The number of nitrogens with two attached hydrogens (primary N) is 1. The van der Waals surface area contributed by atoms with Gasteiger partial charge in [0.1, 0.15) is 12.3 Å². The van der Waals surface area contributed by atoms with Gasteiger partial charge in [0.25, 0.3) is 0 Å². The van der Waals surface area contributed by atoms with Crippen LogP contribution >= 0.6 is 0 Å². The highest BCUT2D eigenvalue weighted by Crippen LogP contribution is 2.40. The molecule has 19 heavy (non-hydrogen) atoms. The predicted octanol–water partition coefficient (Wildman–Crippen LogP) is 3.20. The largest absolute Gasteiger partial charge is 0.492 e. The van der Waals surface area contributed by atoms with Crippen molar-refractivity contribution >= 4 is 11.4 Å². The van der Waals surface area contributed by atoms with Gasteiger partial charge in [-0.25, -0.2) is 0 Å². The van der Waals surface area contributed by atoms with Crippen LogP contribution in [0.25, 0.3) is 0 Å². The highest BCUT2D eigenvalue weighted by Gasteiger charge is 2.39. The lowest BCUT2D eigenvalue weighted by Crippen LogP contribution is -2.36. The van der Waals surface area contributed by atoms with Gasteiger partial charge in [-0.2, -0.15) is 13.2 Å². The molecule has 1 aliphatic carbocycles. The van der Waals surface area contributed by atoms with E-state index in [1.54, 1.807) is 25.1 Å². The van der Waals surface area contributed by atoms with Crippen LogP contribution < -0.4 is 15.4 Å². The molecular weight excluding hydrogens is 257 g/mol. The van der Waals surface area contributed by atoms with E-state index in [9.17, 15) is 13.2 Å². The molecule has 0 saturated heterocycles. The minimum atomic E-state index is -4.24. The zero-order valence-corrected chi connectivity index (χ0v) is 10.7. The number of alkyl halides is 3. The molecule has 3 nitrogen and oxygen atoms in total. The van der Waals surface area contributed by atoms with Gasteiger partial charge in [-0.05, 0) is 31.9 Å². The van der Waals surface area contributed by atoms with Crippen LogP contribution in [0.1, 0.15) is 19.8 Å². The number of anilines is 2. The first-order chi connectivity index (χ1) is 8.92. The van der Waals surface area contributed by atoms with E-state index in [0.717, 1.165) is 12.8 Å². The van der Waals surface area contributed by atoms with Gasteiger partial charge < -0.3 is 15.4 Å². The molecule has 0 heterocycles. The lowest BCUT2D eigenvalue weighted by molar-refractivity contribution is -0.119. The highest BCUT2D eigenvalue weighted by molar-refractivity contribution is 5.74. The third-order valence-electron chi connectivity index (χ3n) is 2.99. The fraction of sp³-hybridized carbons (Fsp3) is 0.538. The summed E-state index contributed by atoms with van der Waals surface area (Å²) in [6.07, 6.45) is -2.70. The van der Waals surface area contributed by atoms with E-state index in [4.69, 9.17) is 10.5 Å². The summed E-state index contributed by atoms with van der Waals surface area (Å²) in [7, 11) is 0. The molecule has 2 N–H and O–H groups in total. The maximum absolute atomic E-state index is 12.6. The molecule has 0 aromatic heterocycles. The second-order valence-corrected chi connectivity index (χ2v) is 4.60. The Hall–Kier alpha value is -1.59. The van der Waals surface area contributed by atoms with Crippen LogP contribution in [-0.4, -0.2) is 25.4 Å². The molecule has 2 rings (SSSR count). The number of benzene rings is 1. The first-order valence-corrected chi connectivity index (χ1v) is 6.27. The molecule has 0 amide bonds. The number of halogens is 3. The molecule has 1 aromatic carbocycles. The summed E-state index contributed by atoms with van der Waals surface area (Å²) in [5.74, 6) is 0.438. The van der Waals surface area contributed by atoms with Crippen molar-refractivity contribution in [3.63, 3.8) is 0 Å². The minimum absolute atomic E-state index is 0.0687. The molecular formula is C13H17F3N2O. The summed E-state index contributed by atoms with van der Waals surface area (Å²) in [5, 5.41) is 0. The third kappa shape index (κ3) is 3.45. The van der Waals surface area contributed by atoms with Crippen LogP contribution in [0.4, 0.5) is 24.5 Å². The standard InChI is InChI=1S/C13H17F3N2O/c1-2-19-11-5-3-4-10(12(11)17)18(9-6-7-9)8-13(14,15)16/h3-5,9H,2,6-8,17H2,1H3. The van der Waals surface area contributed by atoms with Gasteiger partial charge in [0, 0.05) is 6.04 Å².